The van der Waals surface area contributed by atoms with E-state index in [1.54, 1.807) is 6.07 Å². The summed E-state index contributed by atoms with van der Waals surface area (Å²) in [6.07, 6.45) is 0.683. The standard InChI is InChI=1S/C11H15ClN2O3S/c1-7-4-8-5-9(6-10(12)11(8)17-7)18(15,16)14-3-2-13/h5-7,14H,2-4,13H2,1H3/t7-/m1/s1. The van der Waals surface area contributed by atoms with Crippen molar-refractivity contribution in [2.45, 2.75) is 24.3 Å². The lowest BCUT2D eigenvalue weighted by atomic mass is 10.1. The summed E-state index contributed by atoms with van der Waals surface area (Å²) in [6, 6.07) is 3.00. The van der Waals surface area contributed by atoms with E-state index in [0.29, 0.717) is 17.2 Å². The van der Waals surface area contributed by atoms with E-state index >= 15 is 0 Å². The number of hydrogen-bond acceptors (Lipinski definition) is 4. The molecule has 0 radical (unpaired) electrons. The molecule has 7 heteroatoms. The summed E-state index contributed by atoms with van der Waals surface area (Å²) >= 11 is 6.04. The molecule has 0 fully saturated rings. The molecule has 0 aromatic heterocycles. The fraction of sp³-hybridized carbons (Fsp3) is 0.455. The van der Waals surface area contributed by atoms with Crippen LogP contribution in [0.15, 0.2) is 17.0 Å². The van der Waals surface area contributed by atoms with Gasteiger partial charge < -0.3 is 10.5 Å². The van der Waals surface area contributed by atoms with Crippen molar-refractivity contribution in [2.24, 2.45) is 5.73 Å². The van der Waals surface area contributed by atoms with Gasteiger partial charge in [-0.25, -0.2) is 13.1 Å². The largest absolute Gasteiger partial charge is 0.489 e. The summed E-state index contributed by atoms with van der Waals surface area (Å²) < 4.78 is 31.8. The molecule has 0 saturated carbocycles. The van der Waals surface area contributed by atoms with Gasteiger partial charge in [0.1, 0.15) is 11.9 Å². The Balaban J connectivity index is 2.37. The van der Waals surface area contributed by atoms with Crippen LogP contribution < -0.4 is 15.2 Å². The average molecular weight is 291 g/mol. The Kier molecular flexibility index (Phi) is 3.82. The van der Waals surface area contributed by atoms with Crippen LogP contribution in [0.2, 0.25) is 5.02 Å². The van der Waals surface area contributed by atoms with Gasteiger partial charge in [-0.05, 0) is 19.1 Å². The number of sulfonamides is 1. The fourth-order valence-corrected chi connectivity index (χ4v) is 3.36. The first kappa shape index (κ1) is 13.6. The van der Waals surface area contributed by atoms with Gasteiger partial charge in [0.15, 0.2) is 0 Å². The van der Waals surface area contributed by atoms with Crippen molar-refractivity contribution in [3.05, 3.63) is 22.7 Å². The molecule has 5 nitrogen and oxygen atoms in total. The molecular weight excluding hydrogens is 276 g/mol. The Morgan fingerprint density at radius 1 is 1.56 bits per heavy atom. The van der Waals surface area contributed by atoms with Crippen LogP contribution in [0.3, 0.4) is 0 Å². The molecule has 0 bridgehead atoms. The van der Waals surface area contributed by atoms with Crippen LogP contribution in [0.4, 0.5) is 0 Å². The third-order valence-corrected chi connectivity index (χ3v) is 4.39. The van der Waals surface area contributed by atoms with Crippen molar-refractivity contribution in [1.29, 1.82) is 0 Å². The topological polar surface area (TPSA) is 81.4 Å². The van der Waals surface area contributed by atoms with Crippen LogP contribution in [0, 0.1) is 0 Å². The minimum absolute atomic E-state index is 0.0208. The van der Waals surface area contributed by atoms with Gasteiger partial charge in [-0.1, -0.05) is 11.6 Å². The van der Waals surface area contributed by atoms with Crippen LogP contribution in [-0.4, -0.2) is 27.6 Å². The lowest BCUT2D eigenvalue weighted by Crippen LogP contribution is -2.29. The first-order valence-electron chi connectivity index (χ1n) is 5.63. The highest BCUT2D eigenvalue weighted by atomic mass is 35.5. The summed E-state index contributed by atoms with van der Waals surface area (Å²) in [5, 5.41) is 0.324. The Bertz CT molecular complexity index is 560. The predicted octanol–water partition coefficient (Wildman–Crippen LogP) is 0.900. The van der Waals surface area contributed by atoms with E-state index in [-0.39, 0.29) is 24.1 Å². The molecular formula is C11H15ClN2O3S. The van der Waals surface area contributed by atoms with Crippen molar-refractivity contribution in [1.82, 2.24) is 4.72 Å². The number of nitrogens with one attached hydrogen (secondary N) is 1. The summed E-state index contributed by atoms with van der Waals surface area (Å²) in [6.45, 7) is 2.36. The number of fused-ring (bicyclic) bond motifs is 1. The minimum Gasteiger partial charge on any atom is -0.489 e. The molecule has 0 unspecified atom stereocenters. The first-order chi connectivity index (χ1) is 8.44. The lowest BCUT2D eigenvalue weighted by molar-refractivity contribution is 0.255. The van der Waals surface area contributed by atoms with Gasteiger partial charge in [-0.3, -0.25) is 0 Å². The Labute approximate surface area is 111 Å². The molecule has 0 amide bonds. The molecule has 2 rings (SSSR count). The zero-order valence-electron chi connectivity index (χ0n) is 9.94. The van der Waals surface area contributed by atoms with Gasteiger partial charge in [-0.2, -0.15) is 0 Å². The molecule has 0 aliphatic carbocycles. The molecule has 1 atom stereocenters. The minimum atomic E-state index is -3.55. The number of ether oxygens (including phenoxy) is 1. The van der Waals surface area contributed by atoms with Crippen LogP contribution in [0.5, 0.6) is 5.75 Å². The third-order valence-electron chi connectivity index (χ3n) is 2.67. The van der Waals surface area contributed by atoms with E-state index in [0.717, 1.165) is 5.56 Å². The van der Waals surface area contributed by atoms with Crippen LogP contribution in [0.25, 0.3) is 0 Å². The summed E-state index contributed by atoms with van der Waals surface area (Å²) in [5.74, 6) is 0.585. The highest BCUT2D eigenvalue weighted by Gasteiger charge is 2.25. The lowest BCUT2D eigenvalue weighted by Gasteiger charge is -2.09. The van der Waals surface area contributed by atoms with Gasteiger partial charge in [0.05, 0.1) is 9.92 Å². The second kappa shape index (κ2) is 5.05. The van der Waals surface area contributed by atoms with E-state index < -0.39 is 10.0 Å². The van der Waals surface area contributed by atoms with Gasteiger partial charge in [0, 0.05) is 25.1 Å². The highest BCUT2D eigenvalue weighted by Crippen LogP contribution is 2.37. The van der Waals surface area contributed by atoms with Crippen molar-refractivity contribution in [2.75, 3.05) is 13.1 Å². The average Bonchev–Trinajstić information content (AvgIpc) is 2.67. The normalized spacial score (nSPS) is 18.5. The molecule has 1 heterocycles. The van der Waals surface area contributed by atoms with E-state index in [1.807, 2.05) is 6.92 Å². The zero-order chi connectivity index (χ0) is 13.3. The predicted molar refractivity (Wildman–Crippen MR) is 69.5 cm³/mol. The van der Waals surface area contributed by atoms with Crippen LogP contribution >= 0.6 is 11.6 Å². The molecule has 100 valence electrons. The summed E-state index contributed by atoms with van der Waals surface area (Å²) in [4.78, 5) is 0.150. The van der Waals surface area contributed by atoms with E-state index in [1.165, 1.54) is 6.07 Å². The highest BCUT2D eigenvalue weighted by molar-refractivity contribution is 7.89. The number of halogens is 1. The third kappa shape index (κ3) is 2.61. The van der Waals surface area contributed by atoms with Gasteiger partial charge in [-0.15, -0.1) is 0 Å². The van der Waals surface area contributed by atoms with E-state index in [4.69, 9.17) is 22.1 Å². The van der Waals surface area contributed by atoms with Gasteiger partial charge >= 0.3 is 0 Å². The molecule has 1 aliphatic heterocycles. The van der Waals surface area contributed by atoms with Crippen molar-refractivity contribution < 1.29 is 13.2 Å². The Morgan fingerprint density at radius 3 is 2.94 bits per heavy atom. The maximum absolute atomic E-state index is 12.0. The summed E-state index contributed by atoms with van der Waals surface area (Å²) in [5.41, 5.74) is 6.10. The molecule has 1 aromatic rings. The summed E-state index contributed by atoms with van der Waals surface area (Å²) in [7, 11) is -3.55. The number of benzene rings is 1. The van der Waals surface area contributed by atoms with Crippen molar-refractivity contribution >= 4 is 21.6 Å². The molecule has 18 heavy (non-hydrogen) atoms. The smallest absolute Gasteiger partial charge is 0.240 e. The number of nitrogens with two attached hydrogens (primary N) is 1. The second-order valence-corrected chi connectivity index (χ2v) is 6.39. The maximum atomic E-state index is 12.0. The van der Waals surface area contributed by atoms with Crippen LogP contribution in [-0.2, 0) is 16.4 Å². The molecule has 1 aromatic carbocycles. The van der Waals surface area contributed by atoms with Gasteiger partial charge in [0.25, 0.3) is 0 Å². The number of hydrogen-bond donors (Lipinski definition) is 2. The molecule has 0 saturated heterocycles. The fourth-order valence-electron chi connectivity index (χ4n) is 1.89. The Hall–Kier alpha value is -0.820. The van der Waals surface area contributed by atoms with E-state index in [9.17, 15) is 8.42 Å². The zero-order valence-corrected chi connectivity index (χ0v) is 11.5. The van der Waals surface area contributed by atoms with Crippen molar-refractivity contribution in [3.63, 3.8) is 0 Å². The van der Waals surface area contributed by atoms with E-state index in [2.05, 4.69) is 4.72 Å². The van der Waals surface area contributed by atoms with Gasteiger partial charge in [0.2, 0.25) is 10.0 Å². The maximum Gasteiger partial charge on any atom is 0.240 e. The molecule has 0 spiro atoms. The van der Waals surface area contributed by atoms with Crippen LogP contribution in [0.1, 0.15) is 12.5 Å². The number of rotatable bonds is 4. The second-order valence-electron chi connectivity index (χ2n) is 4.21. The SMILES string of the molecule is C[C@@H]1Cc2cc(S(=O)(=O)NCCN)cc(Cl)c2O1. The van der Waals surface area contributed by atoms with Crippen molar-refractivity contribution in [3.8, 4) is 5.75 Å². The first-order valence-corrected chi connectivity index (χ1v) is 7.49. The monoisotopic (exact) mass is 290 g/mol. The quantitative estimate of drug-likeness (QED) is 0.863. The molecule has 3 N–H and O–H groups in total. The molecule has 1 aliphatic rings. The Morgan fingerprint density at radius 2 is 2.28 bits per heavy atom.